The summed E-state index contributed by atoms with van der Waals surface area (Å²) >= 11 is 0. The Balaban J connectivity index is 2.03. The Labute approximate surface area is 74.1 Å². The molecule has 4 heteroatoms. The van der Waals surface area contributed by atoms with Gasteiger partial charge in [0.2, 0.25) is 0 Å². The summed E-state index contributed by atoms with van der Waals surface area (Å²) in [5, 5.41) is 0. The zero-order chi connectivity index (χ0) is 9.26. The number of ether oxygens (including phenoxy) is 2. The molecule has 70 valence electrons. The van der Waals surface area contributed by atoms with E-state index in [9.17, 15) is 8.78 Å². The van der Waals surface area contributed by atoms with Gasteiger partial charge >= 0.3 is 0 Å². The van der Waals surface area contributed by atoms with Gasteiger partial charge < -0.3 is 9.47 Å². The van der Waals surface area contributed by atoms with Crippen LogP contribution >= 0.6 is 0 Å². The highest BCUT2D eigenvalue weighted by molar-refractivity contribution is 5.24. The molecular weight excluding hydrogens is 178 g/mol. The molecule has 0 saturated carbocycles. The van der Waals surface area contributed by atoms with Crippen molar-refractivity contribution in [3.63, 3.8) is 0 Å². The predicted molar refractivity (Wildman–Crippen MR) is 41.6 cm³/mol. The van der Waals surface area contributed by atoms with Crippen LogP contribution in [0.2, 0.25) is 0 Å². The average molecular weight is 186 g/mol. The zero-order valence-electron chi connectivity index (χ0n) is 6.80. The first-order valence-corrected chi connectivity index (χ1v) is 3.95. The van der Waals surface area contributed by atoms with Gasteiger partial charge in [0.15, 0.2) is 11.6 Å². The first-order valence-electron chi connectivity index (χ1n) is 3.95. The fraction of sp³-hybridized carbons (Fsp3) is 0.333. The van der Waals surface area contributed by atoms with Crippen molar-refractivity contribution < 1.29 is 18.3 Å². The normalized spacial score (nSPS) is 20.0. The highest BCUT2D eigenvalue weighted by atomic mass is 19.1. The third kappa shape index (κ3) is 2.15. The van der Waals surface area contributed by atoms with Gasteiger partial charge in [-0.3, -0.25) is 0 Å². The highest BCUT2D eigenvalue weighted by Gasteiger charge is 2.23. The fourth-order valence-electron chi connectivity index (χ4n) is 0.935. The van der Waals surface area contributed by atoms with Crippen molar-refractivity contribution in [3.05, 3.63) is 29.8 Å². The minimum atomic E-state index is -0.554. The molecule has 0 aliphatic carbocycles. The molecular formula is C9H8F2O2. The second-order valence-corrected chi connectivity index (χ2v) is 2.84. The third-order valence-corrected chi connectivity index (χ3v) is 1.72. The Hall–Kier alpha value is -1.16. The maximum Gasteiger partial charge on any atom is 0.165 e. The second kappa shape index (κ2) is 3.30. The number of hydrogen-bond acceptors (Lipinski definition) is 2. The van der Waals surface area contributed by atoms with Crippen molar-refractivity contribution in [1.29, 1.82) is 0 Å². The van der Waals surface area contributed by atoms with E-state index in [0.717, 1.165) is 18.2 Å². The summed E-state index contributed by atoms with van der Waals surface area (Å²) in [4.78, 5) is 0. The molecule has 1 aliphatic rings. The SMILES string of the molecule is Fc1ccc(F)c(OC[C@@H]2CO2)c1. The van der Waals surface area contributed by atoms with E-state index in [1.165, 1.54) is 0 Å². The second-order valence-electron chi connectivity index (χ2n) is 2.84. The molecule has 1 aliphatic heterocycles. The maximum absolute atomic E-state index is 12.9. The summed E-state index contributed by atoms with van der Waals surface area (Å²) in [6.45, 7) is 0.914. The molecule has 1 aromatic carbocycles. The standard InChI is InChI=1S/C9H8F2O2/c10-6-1-2-8(11)9(3-6)13-5-7-4-12-7/h1-3,7H,4-5H2/t7-/m0/s1. The van der Waals surface area contributed by atoms with Gasteiger partial charge in [-0.2, -0.15) is 0 Å². The predicted octanol–water partition coefficient (Wildman–Crippen LogP) is 1.74. The number of benzene rings is 1. The number of hydrogen-bond donors (Lipinski definition) is 0. The minimum Gasteiger partial charge on any atom is -0.488 e. The first kappa shape index (κ1) is 8.44. The molecule has 1 fully saturated rings. The Morgan fingerprint density at radius 1 is 1.46 bits per heavy atom. The molecule has 0 bridgehead atoms. The van der Waals surface area contributed by atoms with Crippen LogP contribution in [0.5, 0.6) is 5.75 Å². The lowest BCUT2D eigenvalue weighted by molar-refractivity contribution is 0.252. The molecule has 13 heavy (non-hydrogen) atoms. The average Bonchev–Trinajstić information content (AvgIpc) is 2.90. The van der Waals surface area contributed by atoms with Crippen LogP contribution in [0.4, 0.5) is 8.78 Å². The van der Waals surface area contributed by atoms with Crippen LogP contribution in [0.25, 0.3) is 0 Å². The number of epoxide rings is 1. The van der Waals surface area contributed by atoms with E-state index in [2.05, 4.69) is 0 Å². The highest BCUT2D eigenvalue weighted by Crippen LogP contribution is 2.19. The van der Waals surface area contributed by atoms with Crippen molar-refractivity contribution in [2.75, 3.05) is 13.2 Å². The lowest BCUT2D eigenvalue weighted by Gasteiger charge is -2.04. The molecule has 1 atom stereocenters. The van der Waals surface area contributed by atoms with Crippen LogP contribution in [-0.2, 0) is 4.74 Å². The van der Waals surface area contributed by atoms with E-state index in [1.807, 2.05) is 0 Å². The molecule has 1 heterocycles. The van der Waals surface area contributed by atoms with E-state index in [-0.39, 0.29) is 18.5 Å². The van der Waals surface area contributed by atoms with E-state index >= 15 is 0 Å². The maximum atomic E-state index is 12.9. The summed E-state index contributed by atoms with van der Waals surface area (Å²) in [5.74, 6) is -1.12. The van der Waals surface area contributed by atoms with Gasteiger partial charge in [-0.25, -0.2) is 8.78 Å². The summed E-state index contributed by atoms with van der Waals surface area (Å²) in [6, 6.07) is 3.12. The largest absolute Gasteiger partial charge is 0.488 e. The molecule has 0 unspecified atom stereocenters. The van der Waals surface area contributed by atoms with Crippen LogP contribution < -0.4 is 4.74 Å². The van der Waals surface area contributed by atoms with Crippen LogP contribution in [0, 0.1) is 11.6 Å². The minimum absolute atomic E-state index is 0.0441. The molecule has 0 spiro atoms. The Morgan fingerprint density at radius 2 is 2.23 bits per heavy atom. The van der Waals surface area contributed by atoms with Gasteiger partial charge in [-0.15, -0.1) is 0 Å². The van der Waals surface area contributed by atoms with Crippen LogP contribution in [0.1, 0.15) is 0 Å². The van der Waals surface area contributed by atoms with E-state index in [1.54, 1.807) is 0 Å². The summed E-state index contributed by atoms with van der Waals surface area (Å²) < 4.78 is 35.4. The monoisotopic (exact) mass is 186 g/mol. The van der Waals surface area contributed by atoms with Crippen molar-refractivity contribution in [3.8, 4) is 5.75 Å². The topological polar surface area (TPSA) is 21.8 Å². The number of halogens is 2. The lowest BCUT2D eigenvalue weighted by atomic mass is 10.3. The molecule has 1 aromatic rings. The first-order chi connectivity index (χ1) is 6.25. The summed E-state index contributed by atoms with van der Waals surface area (Å²) in [6.07, 6.45) is 0.0441. The summed E-state index contributed by atoms with van der Waals surface area (Å²) in [7, 11) is 0. The number of rotatable bonds is 3. The quantitative estimate of drug-likeness (QED) is 0.670. The zero-order valence-corrected chi connectivity index (χ0v) is 6.80. The molecule has 0 radical (unpaired) electrons. The van der Waals surface area contributed by atoms with Gasteiger partial charge in [0.05, 0.1) is 6.61 Å². The van der Waals surface area contributed by atoms with E-state index in [0.29, 0.717) is 6.61 Å². The van der Waals surface area contributed by atoms with Gasteiger partial charge in [0.25, 0.3) is 0 Å². The van der Waals surface area contributed by atoms with Crippen molar-refractivity contribution >= 4 is 0 Å². The van der Waals surface area contributed by atoms with Crippen molar-refractivity contribution in [2.45, 2.75) is 6.10 Å². The van der Waals surface area contributed by atoms with Crippen molar-refractivity contribution in [1.82, 2.24) is 0 Å². The molecule has 2 rings (SSSR count). The summed E-state index contributed by atoms with van der Waals surface area (Å²) in [5.41, 5.74) is 0. The molecule has 0 N–H and O–H groups in total. The van der Waals surface area contributed by atoms with Crippen LogP contribution in [0.15, 0.2) is 18.2 Å². The molecule has 2 nitrogen and oxygen atoms in total. The molecule has 0 amide bonds. The van der Waals surface area contributed by atoms with Gasteiger partial charge in [0.1, 0.15) is 18.5 Å². The van der Waals surface area contributed by atoms with Gasteiger partial charge in [0, 0.05) is 6.07 Å². The smallest absolute Gasteiger partial charge is 0.165 e. The lowest BCUT2D eigenvalue weighted by Crippen LogP contribution is -2.05. The molecule has 0 aromatic heterocycles. The van der Waals surface area contributed by atoms with Gasteiger partial charge in [-0.05, 0) is 12.1 Å². The Kier molecular flexibility index (Phi) is 2.14. The fourth-order valence-corrected chi connectivity index (χ4v) is 0.935. The Morgan fingerprint density at radius 3 is 2.92 bits per heavy atom. The van der Waals surface area contributed by atoms with Crippen molar-refractivity contribution in [2.24, 2.45) is 0 Å². The van der Waals surface area contributed by atoms with E-state index < -0.39 is 11.6 Å². The van der Waals surface area contributed by atoms with Gasteiger partial charge in [-0.1, -0.05) is 0 Å². The Bertz CT molecular complexity index is 310. The third-order valence-electron chi connectivity index (χ3n) is 1.72. The van der Waals surface area contributed by atoms with Crippen LogP contribution in [-0.4, -0.2) is 19.3 Å². The van der Waals surface area contributed by atoms with Crippen LogP contribution in [0.3, 0.4) is 0 Å². The molecule has 1 saturated heterocycles. The van der Waals surface area contributed by atoms with E-state index in [4.69, 9.17) is 9.47 Å².